The predicted molar refractivity (Wildman–Crippen MR) is 194 cm³/mol. The Hall–Kier alpha value is -4.25. The molecular formula is C37H41Cl2N3O6S. The predicted octanol–water partition coefficient (Wildman–Crippen LogP) is 6.93. The molecule has 0 unspecified atom stereocenters. The number of hydrogen-bond donors (Lipinski definition) is 1. The molecule has 260 valence electrons. The van der Waals surface area contributed by atoms with Gasteiger partial charge in [0.05, 0.1) is 24.8 Å². The van der Waals surface area contributed by atoms with Crippen molar-refractivity contribution in [1.29, 1.82) is 0 Å². The van der Waals surface area contributed by atoms with Crippen molar-refractivity contribution in [2.24, 2.45) is 5.92 Å². The number of ether oxygens (including phenoxy) is 2. The molecule has 0 aliphatic heterocycles. The van der Waals surface area contributed by atoms with Gasteiger partial charge in [0.15, 0.2) is 0 Å². The second-order valence-electron chi connectivity index (χ2n) is 12.0. The van der Waals surface area contributed by atoms with E-state index < -0.39 is 28.5 Å². The molecule has 0 spiro atoms. The highest BCUT2D eigenvalue weighted by molar-refractivity contribution is 7.92. The topological polar surface area (TPSA) is 105 Å². The number of methoxy groups -OCH3 is 2. The van der Waals surface area contributed by atoms with Crippen LogP contribution in [-0.2, 0) is 32.6 Å². The molecule has 1 N–H and O–H groups in total. The highest BCUT2D eigenvalue weighted by atomic mass is 35.5. The number of carbonyl (C=O) groups is 2. The van der Waals surface area contributed by atoms with Gasteiger partial charge in [0.1, 0.15) is 24.1 Å². The van der Waals surface area contributed by atoms with Crippen LogP contribution in [0.1, 0.15) is 30.5 Å². The Morgan fingerprint density at radius 2 is 1.57 bits per heavy atom. The summed E-state index contributed by atoms with van der Waals surface area (Å²) in [7, 11) is -1.50. The van der Waals surface area contributed by atoms with Gasteiger partial charge in [0.2, 0.25) is 11.8 Å². The molecule has 0 heterocycles. The van der Waals surface area contributed by atoms with Crippen LogP contribution >= 0.6 is 23.2 Å². The monoisotopic (exact) mass is 725 g/mol. The van der Waals surface area contributed by atoms with Gasteiger partial charge in [-0.3, -0.25) is 13.9 Å². The highest BCUT2D eigenvalue weighted by Crippen LogP contribution is 2.36. The average molecular weight is 727 g/mol. The van der Waals surface area contributed by atoms with E-state index in [1.54, 1.807) is 42.5 Å². The van der Waals surface area contributed by atoms with Crippen LogP contribution in [0.25, 0.3) is 0 Å². The number of nitrogens with zero attached hydrogens (tertiary/aromatic N) is 2. The maximum Gasteiger partial charge on any atom is 0.264 e. The number of rotatable bonds is 15. The van der Waals surface area contributed by atoms with Crippen molar-refractivity contribution >= 4 is 50.7 Å². The summed E-state index contributed by atoms with van der Waals surface area (Å²) in [5.41, 5.74) is 2.29. The number of benzene rings is 4. The van der Waals surface area contributed by atoms with Crippen LogP contribution in [0, 0.1) is 12.8 Å². The van der Waals surface area contributed by atoms with E-state index >= 15 is 0 Å². The number of amides is 2. The number of halogens is 2. The third kappa shape index (κ3) is 9.68. The number of sulfonamides is 1. The van der Waals surface area contributed by atoms with E-state index in [0.717, 1.165) is 15.4 Å². The second-order valence-corrected chi connectivity index (χ2v) is 14.7. The Kier molecular flexibility index (Phi) is 13.0. The molecule has 0 radical (unpaired) electrons. The molecule has 12 heteroatoms. The van der Waals surface area contributed by atoms with Gasteiger partial charge in [0.25, 0.3) is 10.0 Å². The molecule has 0 saturated heterocycles. The first-order valence-corrected chi connectivity index (χ1v) is 17.9. The van der Waals surface area contributed by atoms with Gasteiger partial charge in [-0.1, -0.05) is 91.1 Å². The fraction of sp³-hybridized carbons (Fsp3) is 0.297. The zero-order valence-electron chi connectivity index (χ0n) is 28.2. The van der Waals surface area contributed by atoms with Crippen molar-refractivity contribution in [1.82, 2.24) is 10.2 Å². The Bertz CT molecular complexity index is 1850. The van der Waals surface area contributed by atoms with Gasteiger partial charge in [0, 0.05) is 35.6 Å². The van der Waals surface area contributed by atoms with Crippen molar-refractivity contribution in [2.45, 2.75) is 44.7 Å². The number of nitrogens with one attached hydrogen (secondary N) is 1. The number of aryl methyl sites for hydroxylation is 1. The van der Waals surface area contributed by atoms with E-state index in [1.807, 2.05) is 51.1 Å². The van der Waals surface area contributed by atoms with Crippen molar-refractivity contribution in [3.05, 3.63) is 118 Å². The zero-order valence-corrected chi connectivity index (χ0v) is 30.5. The summed E-state index contributed by atoms with van der Waals surface area (Å²) < 4.78 is 40.9. The lowest BCUT2D eigenvalue weighted by atomic mass is 10.0. The molecular weight excluding hydrogens is 685 g/mol. The average Bonchev–Trinajstić information content (AvgIpc) is 3.08. The fourth-order valence-corrected chi connectivity index (χ4v) is 7.04. The number of carbonyl (C=O) groups excluding carboxylic acids is 2. The SMILES string of the molecule is COc1ccc(OC)c(N(CC(=O)N(Cc2ccc(Cl)cc2Cl)[C@@H](Cc2ccccc2)C(=O)NCC(C)C)S(=O)(=O)c2ccc(C)cc2)c1. The lowest BCUT2D eigenvalue weighted by Gasteiger charge is -2.34. The van der Waals surface area contributed by atoms with Crippen molar-refractivity contribution in [2.75, 3.05) is 31.6 Å². The summed E-state index contributed by atoms with van der Waals surface area (Å²) in [6, 6.07) is 24.2. The first kappa shape index (κ1) is 37.6. The summed E-state index contributed by atoms with van der Waals surface area (Å²) in [6.45, 7) is 5.39. The van der Waals surface area contributed by atoms with E-state index in [2.05, 4.69) is 5.32 Å². The van der Waals surface area contributed by atoms with Crippen LogP contribution in [0.4, 0.5) is 5.69 Å². The van der Waals surface area contributed by atoms with Gasteiger partial charge >= 0.3 is 0 Å². The van der Waals surface area contributed by atoms with E-state index in [0.29, 0.717) is 27.9 Å². The Morgan fingerprint density at radius 1 is 0.878 bits per heavy atom. The first-order chi connectivity index (χ1) is 23.3. The Labute approximate surface area is 298 Å². The van der Waals surface area contributed by atoms with Crippen LogP contribution in [0.2, 0.25) is 10.0 Å². The molecule has 0 aliphatic carbocycles. The fourth-order valence-electron chi connectivity index (χ4n) is 5.15. The van der Waals surface area contributed by atoms with Crippen LogP contribution in [0.3, 0.4) is 0 Å². The third-order valence-electron chi connectivity index (χ3n) is 7.85. The molecule has 2 amide bonds. The summed E-state index contributed by atoms with van der Waals surface area (Å²) in [6.07, 6.45) is 0.162. The maximum atomic E-state index is 14.8. The van der Waals surface area contributed by atoms with Gasteiger partial charge in [-0.05, 0) is 60.4 Å². The highest BCUT2D eigenvalue weighted by Gasteiger charge is 2.36. The summed E-state index contributed by atoms with van der Waals surface area (Å²) in [4.78, 5) is 30.1. The minimum atomic E-state index is -4.36. The lowest BCUT2D eigenvalue weighted by Crippen LogP contribution is -2.53. The standard InChI is InChI=1S/C37H41Cl2N3O6S/c1-25(2)22-40-37(44)34(19-27-9-7-6-8-10-27)41(23-28-13-14-29(38)20-32(28)39)36(43)24-42(33-21-30(47-4)15-18-35(33)48-5)49(45,46)31-16-11-26(3)12-17-31/h6-18,20-21,25,34H,19,22-24H2,1-5H3,(H,40,44)/t34-/m0/s1. The minimum absolute atomic E-state index is 0.0291. The van der Waals surface area contributed by atoms with Crippen LogP contribution in [-0.4, -0.2) is 58.5 Å². The van der Waals surface area contributed by atoms with E-state index in [9.17, 15) is 18.0 Å². The first-order valence-electron chi connectivity index (χ1n) is 15.7. The minimum Gasteiger partial charge on any atom is -0.497 e. The molecule has 4 aromatic rings. The van der Waals surface area contributed by atoms with Crippen LogP contribution < -0.4 is 19.1 Å². The largest absolute Gasteiger partial charge is 0.497 e. The van der Waals surface area contributed by atoms with Crippen molar-refractivity contribution in [3.63, 3.8) is 0 Å². The Morgan fingerprint density at radius 3 is 2.18 bits per heavy atom. The quantitative estimate of drug-likeness (QED) is 0.143. The molecule has 49 heavy (non-hydrogen) atoms. The van der Waals surface area contributed by atoms with E-state index in [-0.39, 0.29) is 41.1 Å². The Balaban J connectivity index is 1.88. The molecule has 0 aromatic heterocycles. The summed E-state index contributed by atoms with van der Waals surface area (Å²) >= 11 is 12.8. The maximum absolute atomic E-state index is 14.8. The summed E-state index contributed by atoms with van der Waals surface area (Å²) in [5, 5.41) is 3.67. The summed E-state index contributed by atoms with van der Waals surface area (Å²) in [5.74, 6) is -0.332. The molecule has 4 rings (SSSR count). The molecule has 0 bridgehead atoms. The normalized spacial score (nSPS) is 11.9. The zero-order chi connectivity index (χ0) is 35.7. The number of anilines is 1. The van der Waals surface area contributed by atoms with E-state index in [4.69, 9.17) is 32.7 Å². The molecule has 1 atom stereocenters. The lowest BCUT2D eigenvalue weighted by molar-refractivity contribution is -0.140. The van der Waals surface area contributed by atoms with Gasteiger partial charge in [-0.2, -0.15) is 0 Å². The third-order valence-corrected chi connectivity index (χ3v) is 10.2. The van der Waals surface area contributed by atoms with Crippen LogP contribution in [0.5, 0.6) is 11.5 Å². The van der Waals surface area contributed by atoms with Crippen LogP contribution in [0.15, 0.2) is 95.9 Å². The molecule has 0 fully saturated rings. The van der Waals surface area contributed by atoms with E-state index in [1.165, 1.54) is 37.3 Å². The van der Waals surface area contributed by atoms with Gasteiger partial charge in [-0.15, -0.1) is 0 Å². The van der Waals surface area contributed by atoms with Gasteiger partial charge in [-0.25, -0.2) is 8.42 Å². The molecule has 0 saturated carbocycles. The van der Waals surface area contributed by atoms with Crippen molar-refractivity contribution < 1.29 is 27.5 Å². The van der Waals surface area contributed by atoms with Gasteiger partial charge < -0.3 is 19.7 Å². The second kappa shape index (κ2) is 16.9. The molecule has 4 aromatic carbocycles. The molecule has 9 nitrogen and oxygen atoms in total. The smallest absolute Gasteiger partial charge is 0.264 e. The number of hydrogen-bond acceptors (Lipinski definition) is 6. The molecule has 0 aliphatic rings. The van der Waals surface area contributed by atoms with Crippen molar-refractivity contribution in [3.8, 4) is 11.5 Å².